The van der Waals surface area contributed by atoms with Crippen LogP contribution in [0.1, 0.15) is 47.1 Å². The van der Waals surface area contributed by atoms with Crippen molar-refractivity contribution in [3.8, 4) is 0 Å². The van der Waals surface area contributed by atoms with Crippen LogP contribution in [0.25, 0.3) is 0 Å². The van der Waals surface area contributed by atoms with Gasteiger partial charge >= 0.3 is 6.18 Å². The molecule has 0 spiro atoms. The Morgan fingerprint density at radius 1 is 0.939 bits per heavy atom. The number of nitrogens with zero attached hydrogens (tertiary/aromatic N) is 3. The number of alkyl halides is 3. The molecule has 0 unspecified atom stereocenters. The van der Waals surface area contributed by atoms with Gasteiger partial charge in [0.25, 0.3) is 5.91 Å². The van der Waals surface area contributed by atoms with E-state index >= 15 is 0 Å². The summed E-state index contributed by atoms with van der Waals surface area (Å²) in [6, 6.07) is 6.26. The van der Waals surface area contributed by atoms with Crippen molar-refractivity contribution in [2.24, 2.45) is 5.41 Å². The Labute approximate surface area is 192 Å². The van der Waals surface area contributed by atoms with Crippen molar-refractivity contribution < 1.29 is 22.8 Å². The molecule has 7 nitrogen and oxygen atoms in total. The Balaban J connectivity index is 1.80. The van der Waals surface area contributed by atoms with Gasteiger partial charge in [-0.2, -0.15) is 13.2 Å². The number of nitrogens with one attached hydrogen (secondary N) is 2. The number of halogens is 4. The fourth-order valence-corrected chi connectivity index (χ4v) is 2.88. The third kappa shape index (κ3) is 6.04. The Morgan fingerprint density at radius 3 is 2.27 bits per heavy atom. The summed E-state index contributed by atoms with van der Waals surface area (Å²) in [5.74, 6) is -0.469. The molecule has 3 rings (SSSR count). The first-order valence-corrected chi connectivity index (χ1v) is 10.0. The Kier molecular flexibility index (Phi) is 6.68. The van der Waals surface area contributed by atoms with E-state index in [1.54, 1.807) is 20.8 Å². The molecule has 0 bridgehead atoms. The highest BCUT2D eigenvalue weighted by Gasteiger charge is 2.30. The van der Waals surface area contributed by atoms with E-state index in [0.29, 0.717) is 6.20 Å². The Morgan fingerprint density at radius 2 is 1.67 bits per heavy atom. The fraction of sp³-hybridized carbons (Fsp3) is 0.227. The standard InChI is InChI=1S/C22H19ClF3N5O2/c1-21(2,3)19(32)14-9-16(23)28-11-15(14)30-20(33)12-6-7-27-18(8-12)31-17-5-4-13(10-29-17)22(24,25)26/h4-11H,1-3H3,(H,30,33)(H,27,29,31). The van der Waals surface area contributed by atoms with E-state index < -0.39 is 23.1 Å². The number of pyridine rings is 3. The monoisotopic (exact) mass is 477 g/mol. The van der Waals surface area contributed by atoms with Crippen molar-refractivity contribution in [3.05, 3.63) is 70.8 Å². The molecule has 1 amide bonds. The molecule has 0 aliphatic rings. The molecule has 0 aliphatic heterocycles. The minimum absolute atomic E-state index is 0.111. The molecule has 0 radical (unpaired) electrons. The molecule has 0 fully saturated rings. The van der Waals surface area contributed by atoms with Crippen LogP contribution in [0.4, 0.5) is 30.5 Å². The van der Waals surface area contributed by atoms with E-state index in [-0.39, 0.29) is 39.4 Å². The number of ketones is 1. The molecule has 3 heterocycles. The summed E-state index contributed by atoms with van der Waals surface area (Å²) in [6.07, 6.45) is -1.15. The van der Waals surface area contributed by atoms with Gasteiger partial charge in [-0.3, -0.25) is 9.59 Å². The molecule has 3 aromatic rings. The van der Waals surface area contributed by atoms with Gasteiger partial charge in [0.1, 0.15) is 16.8 Å². The predicted molar refractivity (Wildman–Crippen MR) is 118 cm³/mol. The second-order valence-electron chi connectivity index (χ2n) is 8.07. The molecule has 172 valence electrons. The normalized spacial score (nSPS) is 11.7. The van der Waals surface area contributed by atoms with Crippen LogP contribution in [0.5, 0.6) is 0 Å². The number of aromatic nitrogens is 3. The predicted octanol–water partition coefficient (Wildman–Crippen LogP) is 5.77. The van der Waals surface area contributed by atoms with Crippen molar-refractivity contribution in [1.82, 2.24) is 15.0 Å². The van der Waals surface area contributed by atoms with Crippen LogP contribution >= 0.6 is 11.6 Å². The quantitative estimate of drug-likeness (QED) is 0.358. The number of carbonyl (C=O) groups is 2. The minimum Gasteiger partial charge on any atom is -0.325 e. The summed E-state index contributed by atoms with van der Waals surface area (Å²) in [6.45, 7) is 5.22. The maximum absolute atomic E-state index is 12.8. The second-order valence-corrected chi connectivity index (χ2v) is 8.46. The van der Waals surface area contributed by atoms with Crippen LogP contribution in [-0.2, 0) is 6.18 Å². The zero-order valence-electron chi connectivity index (χ0n) is 17.8. The third-order valence-electron chi connectivity index (χ3n) is 4.41. The summed E-state index contributed by atoms with van der Waals surface area (Å²) >= 11 is 5.94. The number of hydrogen-bond donors (Lipinski definition) is 2. The lowest BCUT2D eigenvalue weighted by Crippen LogP contribution is -2.23. The van der Waals surface area contributed by atoms with Gasteiger partial charge in [0, 0.05) is 28.9 Å². The van der Waals surface area contributed by atoms with Crippen LogP contribution in [-0.4, -0.2) is 26.6 Å². The maximum atomic E-state index is 12.8. The third-order valence-corrected chi connectivity index (χ3v) is 4.62. The summed E-state index contributed by atoms with van der Waals surface area (Å²) in [5, 5.41) is 5.50. The molecule has 0 aromatic carbocycles. The lowest BCUT2D eigenvalue weighted by molar-refractivity contribution is -0.137. The van der Waals surface area contributed by atoms with E-state index in [4.69, 9.17) is 11.6 Å². The van der Waals surface area contributed by atoms with Crippen molar-refractivity contribution in [2.45, 2.75) is 26.9 Å². The van der Waals surface area contributed by atoms with Crippen LogP contribution in [0, 0.1) is 5.41 Å². The van der Waals surface area contributed by atoms with Gasteiger partial charge in [-0.25, -0.2) is 15.0 Å². The highest BCUT2D eigenvalue weighted by Crippen LogP contribution is 2.30. The molecule has 0 aliphatic carbocycles. The van der Waals surface area contributed by atoms with E-state index in [9.17, 15) is 22.8 Å². The van der Waals surface area contributed by atoms with E-state index in [2.05, 4.69) is 25.6 Å². The maximum Gasteiger partial charge on any atom is 0.417 e. The average molecular weight is 478 g/mol. The van der Waals surface area contributed by atoms with E-state index in [1.165, 1.54) is 30.6 Å². The first-order valence-electron chi connectivity index (χ1n) is 9.62. The molecule has 33 heavy (non-hydrogen) atoms. The molecule has 11 heteroatoms. The van der Waals surface area contributed by atoms with Gasteiger partial charge in [0.2, 0.25) is 0 Å². The molecular formula is C22H19ClF3N5O2. The molecule has 0 atom stereocenters. The van der Waals surface area contributed by atoms with Crippen molar-refractivity contribution in [1.29, 1.82) is 0 Å². The zero-order chi connectivity index (χ0) is 24.4. The fourth-order valence-electron chi connectivity index (χ4n) is 2.72. The van der Waals surface area contributed by atoms with Gasteiger partial charge < -0.3 is 10.6 Å². The van der Waals surface area contributed by atoms with Gasteiger partial charge in [0.15, 0.2) is 5.78 Å². The SMILES string of the molecule is CC(C)(C)C(=O)c1cc(Cl)ncc1NC(=O)c1ccnc(Nc2ccc(C(F)(F)F)cn2)c1. The molecular weight excluding hydrogens is 459 g/mol. The van der Waals surface area contributed by atoms with Crippen molar-refractivity contribution in [3.63, 3.8) is 0 Å². The lowest BCUT2D eigenvalue weighted by atomic mass is 9.86. The summed E-state index contributed by atoms with van der Waals surface area (Å²) in [7, 11) is 0. The molecule has 2 N–H and O–H groups in total. The zero-order valence-corrected chi connectivity index (χ0v) is 18.5. The van der Waals surface area contributed by atoms with Gasteiger partial charge in [-0.05, 0) is 30.3 Å². The highest BCUT2D eigenvalue weighted by atomic mass is 35.5. The Hall–Kier alpha value is -3.53. The number of hydrogen-bond acceptors (Lipinski definition) is 6. The number of anilines is 3. The molecule has 0 saturated heterocycles. The minimum atomic E-state index is -4.49. The highest BCUT2D eigenvalue weighted by molar-refractivity contribution is 6.30. The second kappa shape index (κ2) is 9.14. The number of rotatable bonds is 5. The van der Waals surface area contributed by atoms with Gasteiger partial charge in [-0.1, -0.05) is 32.4 Å². The summed E-state index contributed by atoms with van der Waals surface area (Å²) in [4.78, 5) is 37.3. The number of Topliss-reactive ketones (excluding diaryl/α,β-unsaturated/α-hetero) is 1. The average Bonchev–Trinajstić information content (AvgIpc) is 2.73. The van der Waals surface area contributed by atoms with E-state index in [1.807, 2.05) is 0 Å². The van der Waals surface area contributed by atoms with Gasteiger partial charge in [-0.15, -0.1) is 0 Å². The Bertz CT molecular complexity index is 1190. The van der Waals surface area contributed by atoms with E-state index in [0.717, 1.165) is 12.1 Å². The van der Waals surface area contributed by atoms with Gasteiger partial charge in [0.05, 0.1) is 17.4 Å². The van der Waals surface area contributed by atoms with Crippen LogP contribution in [0.2, 0.25) is 5.15 Å². The smallest absolute Gasteiger partial charge is 0.325 e. The first-order chi connectivity index (χ1) is 15.3. The topological polar surface area (TPSA) is 96.9 Å². The first kappa shape index (κ1) is 24.1. The van der Waals surface area contributed by atoms with Crippen molar-refractivity contribution in [2.75, 3.05) is 10.6 Å². The number of amides is 1. The molecule has 3 aromatic heterocycles. The number of carbonyl (C=O) groups excluding carboxylic acids is 2. The largest absolute Gasteiger partial charge is 0.417 e. The summed E-state index contributed by atoms with van der Waals surface area (Å²) in [5.41, 5.74) is -1.00. The van der Waals surface area contributed by atoms with Crippen LogP contribution in [0.15, 0.2) is 48.9 Å². The molecule has 0 saturated carbocycles. The lowest BCUT2D eigenvalue weighted by Gasteiger charge is -2.19. The summed E-state index contributed by atoms with van der Waals surface area (Å²) < 4.78 is 38.0. The van der Waals surface area contributed by atoms with Crippen molar-refractivity contribution >= 4 is 40.6 Å². The van der Waals surface area contributed by atoms with Crippen LogP contribution < -0.4 is 10.6 Å². The van der Waals surface area contributed by atoms with Crippen LogP contribution in [0.3, 0.4) is 0 Å².